The molecule has 25 heavy (non-hydrogen) atoms. The number of ketones is 1. The molecule has 1 unspecified atom stereocenters. The topological polar surface area (TPSA) is 56.3 Å². The second-order valence-corrected chi connectivity index (χ2v) is 5.75. The molecule has 0 fully saturated rings. The quantitative estimate of drug-likeness (QED) is 0.501. The molecule has 0 aliphatic rings. The minimum absolute atomic E-state index is 0.280. The van der Waals surface area contributed by atoms with Crippen molar-refractivity contribution in [1.82, 2.24) is 4.98 Å². The second-order valence-electron chi connectivity index (χ2n) is 5.31. The predicted octanol–water partition coefficient (Wildman–Crippen LogP) is 4.52. The molecule has 1 aromatic heterocycles. The van der Waals surface area contributed by atoms with Crippen LogP contribution in [0.5, 0.6) is 0 Å². The van der Waals surface area contributed by atoms with Gasteiger partial charge in [-0.15, -0.1) is 0 Å². The number of ether oxygens (including phenoxy) is 1. The van der Waals surface area contributed by atoms with E-state index < -0.39 is 12.1 Å². The van der Waals surface area contributed by atoms with Gasteiger partial charge in [0.1, 0.15) is 0 Å². The molecule has 124 valence electrons. The van der Waals surface area contributed by atoms with E-state index in [9.17, 15) is 9.59 Å². The highest BCUT2D eigenvalue weighted by Gasteiger charge is 2.26. The lowest BCUT2D eigenvalue weighted by Crippen LogP contribution is -2.20. The Balaban J connectivity index is 1.93. The Morgan fingerprint density at radius 3 is 2.20 bits per heavy atom. The predicted molar refractivity (Wildman–Crippen MR) is 94.6 cm³/mol. The Morgan fingerprint density at radius 2 is 1.56 bits per heavy atom. The summed E-state index contributed by atoms with van der Waals surface area (Å²) in [6.07, 6.45) is 1.89. The van der Waals surface area contributed by atoms with E-state index in [1.54, 1.807) is 66.9 Å². The number of rotatable bonds is 5. The van der Waals surface area contributed by atoms with Crippen LogP contribution < -0.4 is 0 Å². The maximum atomic E-state index is 12.9. The lowest BCUT2D eigenvalue weighted by atomic mass is 10.00. The molecule has 4 nitrogen and oxygen atoms in total. The fourth-order valence-corrected chi connectivity index (χ4v) is 2.45. The molecule has 0 aliphatic carbocycles. The van der Waals surface area contributed by atoms with Gasteiger partial charge in [0.25, 0.3) is 0 Å². The fourth-order valence-electron chi connectivity index (χ4n) is 2.32. The maximum Gasteiger partial charge on any atom is 0.340 e. The Hall–Kier alpha value is -2.98. The van der Waals surface area contributed by atoms with Gasteiger partial charge >= 0.3 is 5.97 Å². The smallest absolute Gasteiger partial charge is 0.340 e. The van der Waals surface area contributed by atoms with Crippen molar-refractivity contribution < 1.29 is 14.3 Å². The Kier molecular flexibility index (Phi) is 5.21. The zero-order chi connectivity index (χ0) is 17.6. The summed E-state index contributed by atoms with van der Waals surface area (Å²) in [7, 11) is 0. The minimum atomic E-state index is -1.06. The molecule has 0 spiro atoms. The number of carbonyl (C=O) groups is 2. The first-order valence-electron chi connectivity index (χ1n) is 7.61. The third-order valence-corrected chi connectivity index (χ3v) is 3.84. The van der Waals surface area contributed by atoms with E-state index in [4.69, 9.17) is 16.3 Å². The van der Waals surface area contributed by atoms with Gasteiger partial charge < -0.3 is 4.74 Å². The van der Waals surface area contributed by atoms with Gasteiger partial charge in [-0.05, 0) is 24.3 Å². The minimum Gasteiger partial charge on any atom is -0.445 e. The third-order valence-electron chi connectivity index (χ3n) is 3.59. The molecule has 0 saturated heterocycles. The second kappa shape index (κ2) is 7.73. The average molecular weight is 352 g/mol. The number of nitrogens with zero attached hydrogens (tertiary/aromatic N) is 1. The van der Waals surface area contributed by atoms with Gasteiger partial charge in [0.05, 0.1) is 5.56 Å². The van der Waals surface area contributed by atoms with Crippen molar-refractivity contribution in [3.8, 4) is 0 Å². The Morgan fingerprint density at radius 1 is 0.880 bits per heavy atom. The van der Waals surface area contributed by atoms with Gasteiger partial charge in [0.2, 0.25) is 5.78 Å². The number of hydrogen-bond acceptors (Lipinski definition) is 4. The van der Waals surface area contributed by atoms with Crippen molar-refractivity contribution in [3.63, 3.8) is 0 Å². The van der Waals surface area contributed by atoms with Gasteiger partial charge in [-0.25, -0.2) is 4.79 Å². The molecule has 1 heterocycles. The molecule has 0 saturated carbocycles. The van der Waals surface area contributed by atoms with Crippen molar-refractivity contribution in [1.29, 1.82) is 0 Å². The maximum absolute atomic E-state index is 12.9. The first kappa shape index (κ1) is 16.9. The van der Waals surface area contributed by atoms with E-state index in [0.29, 0.717) is 16.1 Å². The number of benzene rings is 2. The van der Waals surface area contributed by atoms with E-state index in [2.05, 4.69) is 4.98 Å². The van der Waals surface area contributed by atoms with E-state index in [1.807, 2.05) is 6.07 Å². The zero-order valence-electron chi connectivity index (χ0n) is 13.1. The summed E-state index contributed by atoms with van der Waals surface area (Å²) in [6.45, 7) is 0. The van der Waals surface area contributed by atoms with E-state index >= 15 is 0 Å². The lowest BCUT2D eigenvalue weighted by Gasteiger charge is -2.17. The molecule has 5 heteroatoms. The number of halogens is 1. The molecule has 3 rings (SSSR count). The molecule has 1 atom stereocenters. The normalized spacial score (nSPS) is 11.6. The largest absolute Gasteiger partial charge is 0.445 e. The number of pyridine rings is 1. The van der Waals surface area contributed by atoms with Gasteiger partial charge in [-0.2, -0.15) is 0 Å². The summed E-state index contributed by atoms with van der Waals surface area (Å²) in [5.74, 6) is -0.919. The average Bonchev–Trinajstić information content (AvgIpc) is 2.67. The third kappa shape index (κ3) is 4.11. The molecule has 0 radical (unpaired) electrons. The van der Waals surface area contributed by atoms with Crippen LogP contribution in [-0.4, -0.2) is 16.7 Å². The Labute approximate surface area is 150 Å². The van der Waals surface area contributed by atoms with Crippen molar-refractivity contribution in [2.75, 3.05) is 0 Å². The summed E-state index contributed by atoms with van der Waals surface area (Å²) in [5, 5.41) is 0.535. The summed E-state index contributed by atoms with van der Waals surface area (Å²) >= 11 is 5.91. The SMILES string of the molecule is O=C(OC(C(=O)c1ccccc1)c1ccc(Cl)cc1)c1cccnc1. The van der Waals surface area contributed by atoms with Crippen LogP contribution in [0.3, 0.4) is 0 Å². The van der Waals surface area contributed by atoms with E-state index in [0.717, 1.165) is 0 Å². The standard InChI is InChI=1S/C20H14ClNO3/c21-17-10-8-15(9-11-17)19(18(23)14-5-2-1-3-6-14)25-20(24)16-7-4-12-22-13-16/h1-13,19H. The van der Waals surface area contributed by atoms with Crippen LogP contribution in [-0.2, 0) is 4.74 Å². The molecule has 0 N–H and O–H groups in total. The lowest BCUT2D eigenvalue weighted by molar-refractivity contribution is 0.0279. The summed E-state index contributed by atoms with van der Waals surface area (Å²) in [4.78, 5) is 29.2. The number of hydrogen-bond donors (Lipinski definition) is 0. The van der Waals surface area contributed by atoms with Gasteiger partial charge in [0, 0.05) is 28.5 Å². The highest BCUT2D eigenvalue weighted by Crippen LogP contribution is 2.25. The van der Waals surface area contributed by atoms with Gasteiger partial charge in [-0.1, -0.05) is 54.1 Å². The van der Waals surface area contributed by atoms with Crippen molar-refractivity contribution >= 4 is 23.4 Å². The first-order valence-corrected chi connectivity index (χ1v) is 7.98. The molecular weight excluding hydrogens is 338 g/mol. The number of carbonyl (C=O) groups excluding carboxylic acids is 2. The number of Topliss-reactive ketones (excluding diaryl/α,β-unsaturated/α-hetero) is 1. The summed E-state index contributed by atoms with van der Waals surface area (Å²) in [6, 6.07) is 18.6. The van der Waals surface area contributed by atoms with Crippen molar-refractivity contribution in [3.05, 3.63) is 101 Å². The van der Waals surface area contributed by atoms with Gasteiger partial charge in [0.15, 0.2) is 6.10 Å². The number of esters is 1. The molecule has 3 aromatic rings. The number of aromatic nitrogens is 1. The summed E-state index contributed by atoms with van der Waals surface area (Å²) in [5.41, 5.74) is 1.29. The summed E-state index contributed by atoms with van der Waals surface area (Å²) < 4.78 is 5.51. The molecule has 0 bridgehead atoms. The highest BCUT2D eigenvalue weighted by molar-refractivity contribution is 6.30. The van der Waals surface area contributed by atoms with Crippen LogP contribution in [0.4, 0.5) is 0 Å². The van der Waals surface area contributed by atoms with Crippen LogP contribution >= 0.6 is 11.6 Å². The highest BCUT2D eigenvalue weighted by atomic mass is 35.5. The molecule has 2 aromatic carbocycles. The molecule has 0 amide bonds. The fraction of sp³-hybridized carbons (Fsp3) is 0.0500. The molecule has 0 aliphatic heterocycles. The van der Waals surface area contributed by atoms with Crippen molar-refractivity contribution in [2.45, 2.75) is 6.10 Å². The first-order chi connectivity index (χ1) is 12.1. The van der Waals surface area contributed by atoms with E-state index in [-0.39, 0.29) is 11.3 Å². The van der Waals surface area contributed by atoms with Crippen LogP contribution in [0.25, 0.3) is 0 Å². The van der Waals surface area contributed by atoms with Crippen LogP contribution in [0, 0.1) is 0 Å². The van der Waals surface area contributed by atoms with Crippen LogP contribution in [0.2, 0.25) is 5.02 Å². The monoisotopic (exact) mass is 351 g/mol. The van der Waals surface area contributed by atoms with Crippen molar-refractivity contribution in [2.24, 2.45) is 0 Å². The Bertz CT molecular complexity index is 864. The van der Waals surface area contributed by atoms with E-state index in [1.165, 1.54) is 6.20 Å². The van der Waals surface area contributed by atoms with Crippen LogP contribution in [0.1, 0.15) is 32.4 Å². The van der Waals surface area contributed by atoms with Gasteiger partial charge in [-0.3, -0.25) is 9.78 Å². The van der Waals surface area contributed by atoms with Crippen LogP contribution in [0.15, 0.2) is 79.1 Å². The zero-order valence-corrected chi connectivity index (χ0v) is 13.9. The molecular formula is C20H14ClNO3.